The molecule has 0 fully saturated rings. The molecule has 136 valence electrons. The fourth-order valence-electron chi connectivity index (χ4n) is 2.14. The van der Waals surface area contributed by atoms with Gasteiger partial charge in [-0.05, 0) is 19.1 Å². The molecule has 2 rings (SSSR count). The van der Waals surface area contributed by atoms with Crippen LogP contribution in [0.15, 0.2) is 24.5 Å². The Labute approximate surface area is 140 Å². The number of carboxylic acid groups (broad SMARTS) is 1. The van der Waals surface area contributed by atoms with Crippen LogP contribution in [0, 0.1) is 0 Å². The number of hydrogen-bond acceptors (Lipinski definition) is 4. The Balaban J connectivity index is 1.95. The van der Waals surface area contributed by atoms with E-state index in [9.17, 15) is 22.8 Å². The van der Waals surface area contributed by atoms with Crippen LogP contribution in [0.1, 0.15) is 29.5 Å². The molecule has 1 atom stereocenters. The summed E-state index contributed by atoms with van der Waals surface area (Å²) in [4.78, 5) is 22.8. The molecule has 25 heavy (non-hydrogen) atoms. The highest BCUT2D eigenvalue weighted by molar-refractivity contribution is 5.92. The second-order valence-electron chi connectivity index (χ2n) is 5.38. The number of carboxylic acids is 1. The highest BCUT2D eigenvalue weighted by Gasteiger charge is 2.33. The molecule has 0 bridgehead atoms. The molecule has 2 heterocycles. The van der Waals surface area contributed by atoms with Crippen molar-refractivity contribution in [3.8, 4) is 0 Å². The highest BCUT2D eigenvalue weighted by atomic mass is 19.4. The van der Waals surface area contributed by atoms with E-state index < -0.39 is 29.8 Å². The lowest BCUT2D eigenvalue weighted by molar-refractivity contribution is -0.141. The van der Waals surface area contributed by atoms with E-state index in [-0.39, 0.29) is 25.2 Å². The summed E-state index contributed by atoms with van der Waals surface area (Å²) >= 11 is 0. The summed E-state index contributed by atoms with van der Waals surface area (Å²) in [5, 5.41) is 18.6. The van der Waals surface area contributed by atoms with Gasteiger partial charge in [-0.1, -0.05) is 0 Å². The number of aromatic nitrogens is 4. The molecule has 11 heteroatoms. The van der Waals surface area contributed by atoms with Crippen LogP contribution >= 0.6 is 0 Å². The molecule has 0 saturated heterocycles. The summed E-state index contributed by atoms with van der Waals surface area (Å²) in [6.07, 6.45) is -2.16. The molecular formula is C14H16F3N5O3. The van der Waals surface area contributed by atoms with Crippen molar-refractivity contribution in [2.24, 2.45) is 0 Å². The number of nitrogens with zero attached hydrogens (tertiary/aromatic N) is 4. The SMILES string of the molecule is CC(Cn1ccc(C(F)(F)F)n1)NC(=O)c1ccnn1CCC(=O)O. The van der Waals surface area contributed by atoms with Crippen LogP contribution in [-0.4, -0.2) is 42.6 Å². The van der Waals surface area contributed by atoms with Crippen molar-refractivity contribution in [3.63, 3.8) is 0 Å². The average molecular weight is 359 g/mol. The number of halogens is 3. The number of aliphatic carboxylic acids is 1. The lowest BCUT2D eigenvalue weighted by Gasteiger charge is -2.14. The molecule has 0 radical (unpaired) electrons. The van der Waals surface area contributed by atoms with Crippen LogP contribution in [-0.2, 0) is 24.1 Å². The molecular weight excluding hydrogens is 343 g/mol. The third kappa shape index (κ3) is 5.06. The maximum absolute atomic E-state index is 12.5. The lowest BCUT2D eigenvalue weighted by Crippen LogP contribution is -2.37. The fraction of sp³-hybridized carbons (Fsp3) is 0.429. The van der Waals surface area contributed by atoms with Gasteiger partial charge in [-0.3, -0.25) is 19.0 Å². The van der Waals surface area contributed by atoms with Gasteiger partial charge in [0.15, 0.2) is 5.69 Å². The van der Waals surface area contributed by atoms with E-state index in [4.69, 9.17) is 5.11 Å². The fourth-order valence-corrected chi connectivity index (χ4v) is 2.14. The van der Waals surface area contributed by atoms with Crippen LogP contribution in [0.4, 0.5) is 13.2 Å². The molecule has 0 saturated carbocycles. The second-order valence-corrected chi connectivity index (χ2v) is 5.38. The average Bonchev–Trinajstić information content (AvgIpc) is 3.12. The quantitative estimate of drug-likeness (QED) is 0.778. The van der Waals surface area contributed by atoms with E-state index >= 15 is 0 Å². The predicted molar refractivity (Wildman–Crippen MR) is 78.6 cm³/mol. The number of carbonyl (C=O) groups excluding carboxylic acids is 1. The van der Waals surface area contributed by atoms with Gasteiger partial charge in [0.2, 0.25) is 0 Å². The van der Waals surface area contributed by atoms with Gasteiger partial charge in [0.05, 0.1) is 19.5 Å². The van der Waals surface area contributed by atoms with Crippen LogP contribution in [0.25, 0.3) is 0 Å². The Bertz CT molecular complexity index is 753. The molecule has 0 aromatic carbocycles. The number of hydrogen-bond donors (Lipinski definition) is 2. The van der Waals surface area contributed by atoms with Crippen molar-refractivity contribution in [1.29, 1.82) is 0 Å². The standard InChI is InChI=1S/C14H16F3N5O3/c1-9(8-21-6-3-11(20-21)14(15,16)17)19-13(25)10-2-5-18-22(10)7-4-12(23)24/h2-3,5-6,9H,4,7-8H2,1H3,(H,19,25)(H,23,24). The first-order chi connectivity index (χ1) is 11.7. The topological polar surface area (TPSA) is 102 Å². The zero-order chi connectivity index (χ0) is 18.6. The number of rotatable bonds is 7. The first-order valence-corrected chi connectivity index (χ1v) is 7.32. The third-order valence-corrected chi connectivity index (χ3v) is 3.26. The molecule has 2 aromatic rings. The number of aryl methyl sites for hydroxylation is 1. The molecule has 2 aromatic heterocycles. The summed E-state index contributed by atoms with van der Waals surface area (Å²) in [6, 6.07) is 1.78. The van der Waals surface area contributed by atoms with Gasteiger partial charge in [-0.25, -0.2) is 0 Å². The minimum atomic E-state index is -4.52. The van der Waals surface area contributed by atoms with Crippen molar-refractivity contribution in [1.82, 2.24) is 24.9 Å². The number of amides is 1. The van der Waals surface area contributed by atoms with E-state index in [1.165, 1.54) is 23.1 Å². The van der Waals surface area contributed by atoms with Crippen molar-refractivity contribution in [2.45, 2.75) is 38.7 Å². The van der Waals surface area contributed by atoms with E-state index in [2.05, 4.69) is 15.5 Å². The summed E-state index contributed by atoms with van der Waals surface area (Å²) < 4.78 is 39.9. The predicted octanol–water partition coefficient (Wildman–Crippen LogP) is 1.39. The maximum Gasteiger partial charge on any atom is 0.435 e. The third-order valence-electron chi connectivity index (χ3n) is 3.26. The summed E-state index contributed by atoms with van der Waals surface area (Å²) in [7, 11) is 0. The minimum Gasteiger partial charge on any atom is -0.481 e. The van der Waals surface area contributed by atoms with E-state index in [0.717, 1.165) is 10.7 Å². The number of nitrogens with one attached hydrogen (secondary N) is 1. The van der Waals surface area contributed by atoms with E-state index in [0.29, 0.717) is 0 Å². The van der Waals surface area contributed by atoms with Crippen LogP contribution in [0.5, 0.6) is 0 Å². The molecule has 0 aliphatic carbocycles. The molecule has 1 unspecified atom stereocenters. The van der Waals surface area contributed by atoms with Gasteiger partial charge < -0.3 is 10.4 Å². The van der Waals surface area contributed by atoms with Crippen molar-refractivity contribution in [2.75, 3.05) is 0 Å². The zero-order valence-corrected chi connectivity index (χ0v) is 13.2. The molecule has 0 spiro atoms. The van der Waals surface area contributed by atoms with Gasteiger partial charge >= 0.3 is 12.1 Å². The van der Waals surface area contributed by atoms with E-state index in [1.807, 2.05) is 0 Å². The molecule has 0 aliphatic rings. The largest absolute Gasteiger partial charge is 0.481 e. The Morgan fingerprint density at radius 2 is 2.08 bits per heavy atom. The Kier molecular flexibility index (Phi) is 5.45. The zero-order valence-electron chi connectivity index (χ0n) is 13.2. The maximum atomic E-state index is 12.5. The summed E-state index contributed by atoms with van der Waals surface area (Å²) in [6.45, 7) is 1.70. The Hall–Kier alpha value is -2.85. The number of alkyl halides is 3. The second kappa shape index (κ2) is 7.36. The normalized spacial score (nSPS) is 12.8. The van der Waals surface area contributed by atoms with Gasteiger partial charge in [0.1, 0.15) is 5.69 Å². The van der Waals surface area contributed by atoms with Crippen molar-refractivity contribution >= 4 is 11.9 Å². The van der Waals surface area contributed by atoms with Crippen molar-refractivity contribution < 1.29 is 27.9 Å². The molecule has 0 aliphatic heterocycles. The lowest BCUT2D eigenvalue weighted by atomic mass is 10.3. The van der Waals surface area contributed by atoms with Crippen LogP contribution in [0.2, 0.25) is 0 Å². The van der Waals surface area contributed by atoms with Crippen LogP contribution in [0.3, 0.4) is 0 Å². The highest BCUT2D eigenvalue weighted by Crippen LogP contribution is 2.27. The van der Waals surface area contributed by atoms with Crippen molar-refractivity contribution in [3.05, 3.63) is 35.9 Å². The monoisotopic (exact) mass is 359 g/mol. The molecule has 2 N–H and O–H groups in total. The summed E-state index contributed by atoms with van der Waals surface area (Å²) in [5.41, 5.74) is -0.831. The van der Waals surface area contributed by atoms with Gasteiger partial charge in [0, 0.05) is 18.4 Å². The van der Waals surface area contributed by atoms with Gasteiger partial charge in [-0.15, -0.1) is 0 Å². The number of carbonyl (C=O) groups is 2. The summed E-state index contributed by atoms with van der Waals surface area (Å²) in [5.74, 6) is -1.52. The Morgan fingerprint density at radius 3 is 2.68 bits per heavy atom. The first-order valence-electron chi connectivity index (χ1n) is 7.32. The smallest absolute Gasteiger partial charge is 0.435 e. The van der Waals surface area contributed by atoms with Gasteiger partial charge in [-0.2, -0.15) is 23.4 Å². The molecule has 1 amide bonds. The van der Waals surface area contributed by atoms with Gasteiger partial charge in [0.25, 0.3) is 5.91 Å². The molecule has 8 nitrogen and oxygen atoms in total. The minimum absolute atomic E-state index is 0.0353. The first kappa shape index (κ1) is 18.5. The van der Waals surface area contributed by atoms with Crippen LogP contribution < -0.4 is 5.32 Å². The Morgan fingerprint density at radius 1 is 1.36 bits per heavy atom. The van der Waals surface area contributed by atoms with E-state index in [1.54, 1.807) is 6.92 Å².